The second kappa shape index (κ2) is 6.21. The minimum Gasteiger partial charge on any atom is -0.372 e. The van der Waals surface area contributed by atoms with Crippen molar-refractivity contribution in [3.8, 4) is 0 Å². The molecule has 2 nitrogen and oxygen atoms in total. The van der Waals surface area contributed by atoms with Crippen molar-refractivity contribution in [3.05, 3.63) is 0 Å². The Balaban J connectivity index is 0.000000980. The zero-order valence-electron chi connectivity index (χ0n) is 8.20. The molecule has 0 aliphatic carbocycles. The second-order valence-corrected chi connectivity index (χ2v) is 5.27. The molecule has 0 bridgehead atoms. The van der Waals surface area contributed by atoms with Crippen LogP contribution in [0.25, 0.3) is 0 Å². The molecule has 0 spiro atoms. The molecule has 2 heterocycles. The Bertz CT molecular complexity index is 172. The summed E-state index contributed by atoms with van der Waals surface area (Å²) in [5.74, 6) is 0. The zero-order chi connectivity index (χ0) is 9.42. The first-order chi connectivity index (χ1) is 6.20. The lowest BCUT2D eigenvalue weighted by atomic mass is 10.1. The van der Waals surface area contributed by atoms with Crippen LogP contribution in [0.5, 0.6) is 0 Å². The molecular formula is C12H25BrO2. The fourth-order valence-electron chi connectivity index (χ4n) is 2.28. The van der Waals surface area contributed by atoms with Gasteiger partial charge >= 0.3 is 0 Å². The van der Waals surface area contributed by atoms with Crippen LogP contribution in [0.4, 0.5) is 0 Å². The summed E-state index contributed by atoms with van der Waals surface area (Å²) in [7, 11) is 0. The van der Waals surface area contributed by atoms with Gasteiger partial charge in [-0.25, -0.2) is 0 Å². The molecule has 0 saturated carbocycles. The quantitative estimate of drug-likeness (QED) is 0.717. The predicted octanol–water partition coefficient (Wildman–Crippen LogP) is 3.77. The van der Waals surface area contributed by atoms with Gasteiger partial charge in [0.15, 0.2) is 0 Å². The molecule has 0 aromatic heterocycles. The van der Waals surface area contributed by atoms with Gasteiger partial charge in [0.05, 0.1) is 24.4 Å². The van der Waals surface area contributed by atoms with Crippen LogP contribution in [0.2, 0.25) is 0 Å². The molecule has 0 radical (unpaired) electrons. The monoisotopic (exact) mass is 280 g/mol. The van der Waals surface area contributed by atoms with Crippen LogP contribution in [0, 0.1) is 0 Å². The van der Waals surface area contributed by atoms with Gasteiger partial charge in [0, 0.05) is 17.7 Å². The number of rotatable bonds is 2. The highest BCUT2D eigenvalue weighted by Gasteiger charge is 2.43. The Morgan fingerprint density at radius 3 is 2.33 bits per heavy atom. The molecule has 0 amide bonds. The third-order valence-electron chi connectivity index (χ3n) is 2.99. The van der Waals surface area contributed by atoms with E-state index in [1.54, 1.807) is 0 Å². The summed E-state index contributed by atoms with van der Waals surface area (Å²) in [6, 6.07) is 0. The first-order valence-electron chi connectivity index (χ1n) is 5.15. The van der Waals surface area contributed by atoms with Crippen molar-refractivity contribution in [1.29, 1.82) is 0 Å². The molecule has 2 aliphatic rings. The molecule has 3 heteroatoms. The molecule has 2 rings (SSSR count). The highest BCUT2D eigenvalue weighted by Crippen LogP contribution is 2.36. The maximum atomic E-state index is 5.94. The molecule has 2 aliphatic heterocycles. The molecule has 0 aromatic rings. The molecule has 0 aromatic carbocycles. The Morgan fingerprint density at radius 2 is 1.80 bits per heavy atom. The van der Waals surface area contributed by atoms with Crippen molar-refractivity contribution in [1.82, 2.24) is 0 Å². The molecule has 2 fully saturated rings. The number of hydrogen-bond donors (Lipinski definition) is 0. The van der Waals surface area contributed by atoms with Gasteiger partial charge in [0.25, 0.3) is 0 Å². The number of fused-ring (bicyclic) bond motifs is 1. The minimum atomic E-state index is 0. The fourth-order valence-corrected chi connectivity index (χ4v) is 2.62. The summed E-state index contributed by atoms with van der Waals surface area (Å²) < 4.78 is 11.7. The van der Waals surface area contributed by atoms with Crippen LogP contribution in [-0.4, -0.2) is 29.2 Å². The van der Waals surface area contributed by atoms with Gasteiger partial charge in [-0.05, 0) is 13.3 Å². The summed E-state index contributed by atoms with van der Waals surface area (Å²) in [5, 5.41) is 0. The van der Waals surface area contributed by atoms with Gasteiger partial charge in [0.1, 0.15) is 0 Å². The average molecular weight is 281 g/mol. The molecule has 5 atom stereocenters. The van der Waals surface area contributed by atoms with Crippen molar-refractivity contribution in [2.45, 2.75) is 77.2 Å². The van der Waals surface area contributed by atoms with Gasteiger partial charge in [-0.2, -0.15) is 0 Å². The van der Waals surface area contributed by atoms with Gasteiger partial charge < -0.3 is 9.47 Å². The summed E-state index contributed by atoms with van der Waals surface area (Å²) in [6.45, 7) is 4.31. The predicted molar refractivity (Wildman–Crippen MR) is 68.7 cm³/mol. The lowest BCUT2D eigenvalue weighted by Crippen LogP contribution is -2.21. The standard InChI is InChI=1S/C10H17BrO2.2CH4/c1-3-7(11)8-5-10-9(13-8)4-6(2)12-10;;/h6-10H,3-5H2,1-2H3;2*1H4/t6-,7-,8-,9+,10+;;/m1../s1. The van der Waals surface area contributed by atoms with E-state index < -0.39 is 0 Å². The summed E-state index contributed by atoms with van der Waals surface area (Å²) >= 11 is 3.65. The smallest absolute Gasteiger partial charge is 0.0866 e. The van der Waals surface area contributed by atoms with Crippen molar-refractivity contribution in [2.24, 2.45) is 0 Å². The van der Waals surface area contributed by atoms with E-state index in [0.29, 0.717) is 29.2 Å². The van der Waals surface area contributed by atoms with E-state index in [9.17, 15) is 0 Å². The van der Waals surface area contributed by atoms with E-state index in [4.69, 9.17) is 9.47 Å². The maximum absolute atomic E-state index is 5.94. The van der Waals surface area contributed by atoms with Crippen molar-refractivity contribution in [3.63, 3.8) is 0 Å². The van der Waals surface area contributed by atoms with E-state index in [1.165, 1.54) is 0 Å². The van der Waals surface area contributed by atoms with Gasteiger partial charge in [-0.15, -0.1) is 0 Å². The minimum absolute atomic E-state index is 0. The van der Waals surface area contributed by atoms with Crippen molar-refractivity contribution >= 4 is 15.9 Å². The van der Waals surface area contributed by atoms with E-state index in [2.05, 4.69) is 29.8 Å². The Labute approximate surface area is 103 Å². The fraction of sp³-hybridized carbons (Fsp3) is 1.00. The lowest BCUT2D eigenvalue weighted by molar-refractivity contribution is 0.0358. The SMILES string of the molecule is C.C.CC[C@@H](Br)[C@H]1C[C@@H]2O[C@H](C)C[C@@H]2O1. The molecule has 0 N–H and O–H groups in total. The van der Waals surface area contributed by atoms with E-state index in [-0.39, 0.29) is 14.9 Å². The summed E-state index contributed by atoms with van der Waals surface area (Å²) in [6.07, 6.45) is 4.76. The largest absolute Gasteiger partial charge is 0.372 e. The third kappa shape index (κ3) is 3.18. The molecule has 2 saturated heterocycles. The topological polar surface area (TPSA) is 18.5 Å². The van der Waals surface area contributed by atoms with Crippen LogP contribution < -0.4 is 0 Å². The van der Waals surface area contributed by atoms with Crippen LogP contribution in [0.15, 0.2) is 0 Å². The Morgan fingerprint density at radius 1 is 1.20 bits per heavy atom. The number of hydrogen-bond acceptors (Lipinski definition) is 2. The third-order valence-corrected chi connectivity index (χ3v) is 4.23. The van der Waals surface area contributed by atoms with E-state index >= 15 is 0 Å². The van der Waals surface area contributed by atoms with Crippen LogP contribution >= 0.6 is 15.9 Å². The Kier molecular flexibility index (Phi) is 6.38. The maximum Gasteiger partial charge on any atom is 0.0866 e. The van der Waals surface area contributed by atoms with Crippen molar-refractivity contribution in [2.75, 3.05) is 0 Å². The normalized spacial score (nSPS) is 40.2. The van der Waals surface area contributed by atoms with E-state index in [0.717, 1.165) is 19.3 Å². The second-order valence-electron chi connectivity index (χ2n) is 4.09. The van der Waals surface area contributed by atoms with Crippen LogP contribution in [-0.2, 0) is 9.47 Å². The zero-order valence-corrected chi connectivity index (χ0v) is 9.79. The lowest BCUT2D eigenvalue weighted by Gasteiger charge is -2.17. The van der Waals surface area contributed by atoms with Gasteiger partial charge in [0.2, 0.25) is 0 Å². The number of halogens is 1. The molecule has 0 unspecified atom stereocenters. The summed E-state index contributed by atoms with van der Waals surface area (Å²) in [4.78, 5) is 0.497. The molecular weight excluding hydrogens is 256 g/mol. The highest BCUT2D eigenvalue weighted by atomic mass is 79.9. The van der Waals surface area contributed by atoms with Crippen LogP contribution in [0.1, 0.15) is 48.0 Å². The number of ether oxygens (including phenoxy) is 2. The Hall–Kier alpha value is 0.400. The van der Waals surface area contributed by atoms with Gasteiger partial charge in [-0.3, -0.25) is 0 Å². The molecule has 15 heavy (non-hydrogen) atoms. The highest BCUT2D eigenvalue weighted by molar-refractivity contribution is 9.09. The van der Waals surface area contributed by atoms with E-state index in [1.807, 2.05) is 0 Å². The summed E-state index contributed by atoms with van der Waals surface area (Å²) in [5.41, 5.74) is 0. The van der Waals surface area contributed by atoms with Crippen LogP contribution in [0.3, 0.4) is 0 Å². The first kappa shape index (κ1) is 15.4. The van der Waals surface area contributed by atoms with Crippen molar-refractivity contribution < 1.29 is 9.47 Å². The average Bonchev–Trinajstić information content (AvgIpc) is 2.59. The molecule has 92 valence electrons. The number of alkyl halides is 1. The first-order valence-corrected chi connectivity index (χ1v) is 6.07. The van der Waals surface area contributed by atoms with Gasteiger partial charge in [-0.1, -0.05) is 37.7 Å².